The molecule has 1 saturated carbocycles. The van der Waals surface area contributed by atoms with E-state index in [4.69, 9.17) is 0 Å². The first-order valence-electron chi connectivity index (χ1n) is 6.59. The van der Waals surface area contributed by atoms with E-state index in [2.05, 4.69) is 5.32 Å². The van der Waals surface area contributed by atoms with E-state index in [1.54, 1.807) is 18.7 Å². The van der Waals surface area contributed by atoms with Gasteiger partial charge in [-0.1, -0.05) is 6.07 Å². The Morgan fingerprint density at radius 1 is 1.40 bits per heavy atom. The van der Waals surface area contributed by atoms with Crippen LogP contribution >= 0.6 is 11.8 Å². The molecule has 0 bridgehead atoms. The summed E-state index contributed by atoms with van der Waals surface area (Å²) in [6, 6.07) is 5.65. The van der Waals surface area contributed by atoms with E-state index in [0.29, 0.717) is 5.56 Å². The molecule has 0 aromatic heterocycles. The molecule has 2 rings (SSSR count). The number of amides is 1. The number of aliphatic carboxylic acids is 1. The van der Waals surface area contributed by atoms with E-state index in [9.17, 15) is 14.7 Å². The zero-order valence-corrected chi connectivity index (χ0v) is 12.7. The van der Waals surface area contributed by atoms with Gasteiger partial charge >= 0.3 is 5.97 Å². The van der Waals surface area contributed by atoms with Crippen LogP contribution in [-0.2, 0) is 4.79 Å². The van der Waals surface area contributed by atoms with Crippen LogP contribution in [0.5, 0.6) is 0 Å². The number of benzene rings is 1. The molecule has 1 fully saturated rings. The lowest BCUT2D eigenvalue weighted by Gasteiger charge is -2.26. The van der Waals surface area contributed by atoms with E-state index in [0.717, 1.165) is 23.3 Å². The number of nitrogens with one attached hydrogen (secondary N) is 1. The summed E-state index contributed by atoms with van der Waals surface area (Å²) in [4.78, 5) is 24.9. The molecule has 0 heterocycles. The van der Waals surface area contributed by atoms with Gasteiger partial charge in [-0.25, -0.2) is 4.79 Å². The second kappa shape index (κ2) is 5.48. The monoisotopic (exact) mass is 293 g/mol. The smallest absolute Gasteiger partial charge is 0.329 e. The minimum Gasteiger partial charge on any atom is -0.480 e. The van der Waals surface area contributed by atoms with Gasteiger partial charge in [-0.3, -0.25) is 4.79 Å². The van der Waals surface area contributed by atoms with Gasteiger partial charge in [0.25, 0.3) is 5.91 Å². The molecule has 1 unspecified atom stereocenters. The molecule has 20 heavy (non-hydrogen) atoms. The van der Waals surface area contributed by atoms with Gasteiger partial charge in [-0.2, -0.15) is 0 Å². The summed E-state index contributed by atoms with van der Waals surface area (Å²) >= 11 is 1.56. The Labute approximate surface area is 123 Å². The Bertz CT molecular complexity index is 554. The minimum absolute atomic E-state index is 0.0352. The predicted molar refractivity (Wildman–Crippen MR) is 79.2 cm³/mol. The molecular formula is C15H19NO3S. The highest BCUT2D eigenvalue weighted by molar-refractivity contribution is 7.98. The van der Waals surface area contributed by atoms with Crippen LogP contribution in [0.25, 0.3) is 0 Å². The van der Waals surface area contributed by atoms with E-state index < -0.39 is 11.5 Å². The van der Waals surface area contributed by atoms with Crippen LogP contribution in [0.2, 0.25) is 0 Å². The molecule has 0 radical (unpaired) electrons. The van der Waals surface area contributed by atoms with Gasteiger partial charge in [0.1, 0.15) is 5.54 Å². The molecule has 2 N–H and O–H groups in total. The molecule has 1 aliphatic rings. The van der Waals surface area contributed by atoms with Crippen molar-refractivity contribution >= 4 is 23.6 Å². The third kappa shape index (κ3) is 2.82. The van der Waals surface area contributed by atoms with Crippen molar-refractivity contribution in [3.8, 4) is 0 Å². The second-order valence-corrected chi connectivity index (χ2v) is 6.30. The van der Waals surface area contributed by atoms with E-state index in [-0.39, 0.29) is 11.8 Å². The van der Waals surface area contributed by atoms with Gasteiger partial charge in [0, 0.05) is 10.5 Å². The van der Waals surface area contributed by atoms with Crippen LogP contribution in [0.15, 0.2) is 23.1 Å². The normalized spacial score (nSPS) is 17.4. The van der Waals surface area contributed by atoms with Crippen LogP contribution in [0.1, 0.15) is 35.7 Å². The average molecular weight is 293 g/mol. The number of carboxylic acids is 1. The van der Waals surface area contributed by atoms with Gasteiger partial charge in [0.15, 0.2) is 0 Å². The van der Waals surface area contributed by atoms with Crippen molar-refractivity contribution in [2.45, 2.75) is 37.1 Å². The largest absolute Gasteiger partial charge is 0.480 e. The summed E-state index contributed by atoms with van der Waals surface area (Å²) in [5, 5.41) is 12.1. The van der Waals surface area contributed by atoms with Crippen molar-refractivity contribution in [1.29, 1.82) is 0 Å². The Morgan fingerprint density at radius 3 is 2.55 bits per heavy atom. The van der Waals surface area contributed by atoms with Crippen LogP contribution < -0.4 is 5.32 Å². The zero-order chi connectivity index (χ0) is 14.9. The summed E-state index contributed by atoms with van der Waals surface area (Å²) in [5.41, 5.74) is 0.229. The number of rotatable bonds is 5. The van der Waals surface area contributed by atoms with E-state index in [1.807, 2.05) is 31.4 Å². The number of carbonyl (C=O) groups excluding carboxylic acids is 1. The van der Waals surface area contributed by atoms with Crippen molar-refractivity contribution < 1.29 is 14.7 Å². The number of carboxylic acid groups (broad SMARTS) is 1. The Morgan fingerprint density at radius 2 is 2.05 bits per heavy atom. The Balaban J connectivity index is 2.25. The molecule has 0 saturated heterocycles. The average Bonchev–Trinajstić information content (AvgIpc) is 3.23. The zero-order valence-electron chi connectivity index (χ0n) is 11.9. The first kappa shape index (κ1) is 14.9. The maximum absolute atomic E-state index is 12.4. The first-order valence-corrected chi connectivity index (χ1v) is 7.81. The molecule has 1 aliphatic carbocycles. The van der Waals surface area contributed by atoms with Crippen LogP contribution in [-0.4, -0.2) is 28.8 Å². The molecule has 0 spiro atoms. The maximum atomic E-state index is 12.4. The predicted octanol–water partition coefficient (Wildman–Crippen LogP) is 2.70. The maximum Gasteiger partial charge on any atom is 0.329 e. The number of carbonyl (C=O) groups is 2. The second-order valence-electron chi connectivity index (χ2n) is 5.42. The molecule has 1 atom stereocenters. The summed E-state index contributed by atoms with van der Waals surface area (Å²) < 4.78 is 0. The lowest BCUT2D eigenvalue weighted by Crippen LogP contribution is -2.54. The van der Waals surface area contributed by atoms with Crippen molar-refractivity contribution in [2.24, 2.45) is 5.92 Å². The van der Waals surface area contributed by atoms with Crippen molar-refractivity contribution in [2.75, 3.05) is 6.26 Å². The Hall–Kier alpha value is -1.49. The number of thioether (sulfide) groups is 1. The summed E-state index contributed by atoms with van der Waals surface area (Å²) in [6.07, 6.45) is 3.65. The molecule has 5 heteroatoms. The highest BCUT2D eigenvalue weighted by Gasteiger charge is 2.48. The number of hydrogen-bond acceptors (Lipinski definition) is 3. The molecule has 1 amide bonds. The highest BCUT2D eigenvalue weighted by atomic mass is 32.2. The van der Waals surface area contributed by atoms with Crippen molar-refractivity contribution in [1.82, 2.24) is 5.32 Å². The van der Waals surface area contributed by atoms with Crippen molar-refractivity contribution in [3.63, 3.8) is 0 Å². The molecular weight excluding hydrogens is 274 g/mol. The van der Waals surface area contributed by atoms with Crippen LogP contribution in [0.4, 0.5) is 0 Å². The number of hydrogen-bond donors (Lipinski definition) is 2. The van der Waals surface area contributed by atoms with Gasteiger partial charge in [-0.05, 0) is 56.6 Å². The molecule has 108 valence electrons. The highest BCUT2D eigenvalue weighted by Crippen LogP contribution is 2.40. The van der Waals surface area contributed by atoms with E-state index in [1.165, 1.54) is 0 Å². The van der Waals surface area contributed by atoms with Gasteiger partial charge in [0.05, 0.1) is 0 Å². The van der Waals surface area contributed by atoms with Crippen LogP contribution in [0, 0.1) is 12.8 Å². The first-order chi connectivity index (χ1) is 9.38. The van der Waals surface area contributed by atoms with Gasteiger partial charge in [-0.15, -0.1) is 11.8 Å². The third-order valence-corrected chi connectivity index (χ3v) is 4.63. The third-order valence-electron chi connectivity index (χ3n) is 3.90. The fraction of sp³-hybridized carbons (Fsp3) is 0.467. The van der Waals surface area contributed by atoms with Crippen LogP contribution in [0.3, 0.4) is 0 Å². The lowest BCUT2D eigenvalue weighted by molar-refractivity contribution is -0.144. The summed E-state index contributed by atoms with van der Waals surface area (Å²) in [7, 11) is 0. The SMILES string of the molecule is CSc1ccc(C)c(C(=O)NC(C)(C(=O)O)C2CC2)c1. The molecule has 1 aromatic rings. The summed E-state index contributed by atoms with van der Waals surface area (Å²) in [6.45, 7) is 3.45. The van der Waals surface area contributed by atoms with E-state index >= 15 is 0 Å². The standard InChI is InChI=1S/C15H19NO3S/c1-9-4-7-11(20-3)8-12(9)13(17)16-15(2,14(18)19)10-5-6-10/h4,7-8,10H,5-6H2,1-3H3,(H,16,17)(H,18,19). The lowest BCUT2D eigenvalue weighted by atomic mass is 9.95. The number of aryl methyl sites for hydroxylation is 1. The topological polar surface area (TPSA) is 66.4 Å². The minimum atomic E-state index is -1.17. The van der Waals surface area contributed by atoms with Gasteiger partial charge in [0.2, 0.25) is 0 Å². The quantitative estimate of drug-likeness (QED) is 0.819. The molecule has 1 aromatic carbocycles. The molecule has 4 nitrogen and oxygen atoms in total. The van der Waals surface area contributed by atoms with Crippen molar-refractivity contribution in [3.05, 3.63) is 29.3 Å². The fourth-order valence-electron chi connectivity index (χ4n) is 2.27. The van der Waals surface area contributed by atoms with Gasteiger partial charge < -0.3 is 10.4 Å². The fourth-order valence-corrected chi connectivity index (χ4v) is 2.71. The summed E-state index contributed by atoms with van der Waals surface area (Å²) in [5.74, 6) is -1.24. The molecule has 0 aliphatic heterocycles. The Kier molecular flexibility index (Phi) is 4.09.